The van der Waals surface area contributed by atoms with Gasteiger partial charge < -0.3 is 4.43 Å². The van der Waals surface area contributed by atoms with E-state index in [1.54, 1.807) is 0 Å². The molecule has 0 radical (unpaired) electrons. The third-order valence-electron chi connectivity index (χ3n) is 4.74. The Hall–Kier alpha value is -2.16. The number of aryl methyl sites for hydroxylation is 3. The molecule has 0 saturated carbocycles. The average Bonchev–Trinajstić information content (AvgIpc) is 2.62. The molecule has 0 aliphatic rings. The van der Waals surface area contributed by atoms with E-state index < -0.39 is 8.32 Å². The fraction of sp³-hybridized carbons (Fsp3) is 0.217. The molecule has 1 nitrogen and oxygen atoms in total. The van der Waals surface area contributed by atoms with E-state index in [1.807, 2.05) is 0 Å². The van der Waals surface area contributed by atoms with Crippen LogP contribution in [-0.4, -0.2) is 14.9 Å². The third kappa shape index (κ3) is 3.46. The van der Waals surface area contributed by atoms with Gasteiger partial charge in [0.25, 0.3) is 8.32 Å². The van der Waals surface area contributed by atoms with Gasteiger partial charge in [0.2, 0.25) is 0 Å². The van der Waals surface area contributed by atoms with E-state index in [4.69, 9.17) is 4.43 Å². The van der Waals surface area contributed by atoms with Crippen molar-refractivity contribution in [2.45, 2.75) is 27.7 Å². The minimum absolute atomic E-state index is 0.696. The molecule has 0 fully saturated rings. The Balaban J connectivity index is 2.28. The number of rotatable bonds is 5. The highest BCUT2D eigenvalue weighted by Crippen LogP contribution is 2.12. The van der Waals surface area contributed by atoms with Gasteiger partial charge in [-0.2, -0.15) is 0 Å². The first-order valence-corrected chi connectivity index (χ1v) is 10.8. The lowest BCUT2D eigenvalue weighted by Crippen LogP contribution is -2.69. The van der Waals surface area contributed by atoms with Crippen molar-refractivity contribution in [3.63, 3.8) is 0 Å². The first-order chi connectivity index (χ1) is 12.1. The van der Waals surface area contributed by atoms with E-state index in [9.17, 15) is 0 Å². The van der Waals surface area contributed by atoms with Crippen LogP contribution in [0.15, 0.2) is 72.8 Å². The molecule has 0 N–H and O–H groups in total. The standard InChI is InChI=1S/C23H26OSi/c1-5-24-25(21-12-6-18(2)7-13-21,22-14-8-19(3)9-15-22)23-16-10-20(4)11-17-23/h6-17H,5H2,1-4H3. The van der Waals surface area contributed by atoms with Crippen LogP contribution in [0, 0.1) is 20.8 Å². The van der Waals surface area contributed by atoms with Crippen LogP contribution in [0.5, 0.6) is 0 Å². The molecule has 0 aromatic heterocycles. The van der Waals surface area contributed by atoms with Crippen LogP contribution < -0.4 is 15.6 Å². The molecule has 0 bridgehead atoms. The Morgan fingerprint density at radius 2 is 0.840 bits per heavy atom. The van der Waals surface area contributed by atoms with E-state index >= 15 is 0 Å². The fourth-order valence-electron chi connectivity index (χ4n) is 3.33. The molecule has 128 valence electrons. The van der Waals surface area contributed by atoms with Gasteiger partial charge in [-0.3, -0.25) is 0 Å². The summed E-state index contributed by atoms with van der Waals surface area (Å²) in [5.41, 5.74) is 3.82. The zero-order chi connectivity index (χ0) is 17.9. The quantitative estimate of drug-likeness (QED) is 0.506. The summed E-state index contributed by atoms with van der Waals surface area (Å²) in [6.45, 7) is 9.18. The average molecular weight is 347 g/mol. The van der Waals surface area contributed by atoms with Crippen molar-refractivity contribution in [1.82, 2.24) is 0 Å². The van der Waals surface area contributed by atoms with Crippen molar-refractivity contribution < 1.29 is 4.43 Å². The number of hydrogen-bond acceptors (Lipinski definition) is 1. The summed E-state index contributed by atoms with van der Waals surface area (Å²) < 4.78 is 6.65. The SMILES string of the molecule is CCO[Si](c1ccc(C)cc1)(c1ccc(C)cc1)c1ccc(C)cc1. The Morgan fingerprint density at radius 1 is 0.560 bits per heavy atom. The first kappa shape index (κ1) is 17.7. The second-order valence-electron chi connectivity index (χ2n) is 6.71. The highest BCUT2D eigenvalue weighted by molar-refractivity contribution is 7.07. The monoisotopic (exact) mass is 346 g/mol. The maximum absolute atomic E-state index is 6.65. The number of hydrogen-bond donors (Lipinski definition) is 0. The van der Waals surface area contributed by atoms with E-state index in [0.717, 1.165) is 0 Å². The normalized spacial score (nSPS) is 11.5. The van der Waals surface area contributed by atoms with Gasteiger partial charge in [-0.1, -0.05) is 89.5 Å². The van der Waals surface area contributed by atoms with Crippen molar-refractivity contribution in [2.75, 3.05) is 6.61 Å². The molecule has 3 rings (SSSR count). The van der Waals surface area contributed by atoms with Crippen molar-refractivity contribution in [2.24, 2.45) is 0 Å². The summed E-state index contributed by atoms with van der Waals surface area (Å²) in [7, 11) is -2.49. The van der Waals surface area contributed by atoms with Gasteiger partial charge in [-0.15, -0.1) is 0 Å². The first-order valence-electron chi connectivity index (χ1n) is 8.91. The van der Waals surface area contributed by atoms with Gasteiger partial charge in [0.1, 0.15) is 0 Å². The van der Waals surface area contributed by atoms with Crippen molar-refractivity contribution in [3.8, 4) is 0 Å². The maximum atomic E-state index is 6.65. The lowest BCUT2D eigenvalue weighted by atomic mass is 10.2. The van der Waals surface area contributed by atoms with Crippen LogP contribution in [0.25, 0.3) is 0 Å². The molecule has 3 aromatic rings. The van der Waals surface area contributed by atoms with Crippen LogP contribution in [0.3, 0.4) is 0 Å². The summed E-state index contributed by atoms with van der Waals surface area (Å²) in [6, 6.07) is 26.6. The second kappa shape index (κ2) is 7.38. The molecular weight excluding hydrogens is 320 g/mol. The van der Waals surface area contributed by atoms with Crippen LogP contribution >= 0.6 is 0 Å². The van der Waals surface area contributed by atoms with Crippen LogP contribution in [-0.2, 0) is 4.43 Å². The Kier molecular flexibility index (Phi) is 5.21. The summed E-state index contributed by atoms with van der Waals surface area (Å²) in [5.74, 6) is 0. The molecule has 0 atom stereocenters. The molecule has 0 saturated heterocycles. The predicted octanol–water partition coefficient (Wildman–Crippen LogP) is 3.62. The molecule has 0 heterocycles. The smallest absolute Gasteiger partial charge is 0.288 e. The van der Waals surface area contributed by atoms with Gasteiger partial charge in [0, 0.05) is 6.61 Å². The molecule has 0 aliphatic carbocycles. The van der Waals surface area contributed by atoms with Gasteiger partial charge in [0.05, 0.1) is 0 Å². The van der Waals surface area contributed by atoms with Crippen molar-refractivity contribution in [3.05, 3.63) is 89.5 Å². The molecule has 3 aromatic carbocycles. The molecule has 0 aliphatic heterocycles. The molecule has 0 amide bonds. The molecule has 0 spiro atoms. The largest absolute Gasteiger partial charge is 0.405 e. The molecule has 0 unspecified atom stereocenters. The number of benzene rings is 3. The van der Waals surface area contributed by atoms with Crippen LogP contribution in [0.2, 0.25) is 0 Å². The van der Waals surface area contributed by atoms with E-state index in [2.05, 4.69) is 100 Å². The summed E-state index contributed by atoms with van der Waals surface area (Å²) >= 11 is 0. The van der Waals surface area contributed by atoms with Gasteiger partial charge in [-0.25, -0.2) is 0 Å². The van der Waals surface area contributed by atoms with E-state index in [1.165, 1.54) is 32.3 Å². The summed E-state index contributed by atoms with van der Waals surface area (Å²) in [6.07, 6.45) is 0. The fourth-order valence-corrected chi connectivity index (χ4v) is 7.17. The maximum Gasteiger partial charge on any atom is 0.288 e. The van der Waals surface area contributed by atoms with Crippen molar-refractivity contribution in [1.29, 1.82) is 0 Å². The second-order valence-corrected chi connectivity index (χ2v) is 10.1. The van der Waals surface area contributed by atoms with Gasteiger partial charge >= 0.3 is 0 Å². The zero-order valence-corrected chi connectivity index (χ0v) is 16.5. The third-order valence-corrected chi connectivity index (χ3v) is 8.90. The van der Waals surface area contributed by atoms with E-state index in [-0.39, 0.29) is 0 Å². The predicted molar refractivity (Wildman–Crippen MR) is 110 cm³/mol. The van der Waals surface area contributed by atoms with E-state index in [0.29, 0.717) is 6.61 Å². The van der Waals surface area contributed by atoms with Crippen LogP contribution in [0.1, 0.15) is 23.6 Å². The van der Waals surface area contributed by atoms with Gasteiger partial charge in [0.15, 0.2) is 0 Å². The highest BCUT2D eigenvalue weighted by Gasteiger charge is 2.41. The molecule has 25 heavy (non-hydrogen) atoms. The Bertz CT molecular complexity index is 707. The lowest BCUT2D eigenvalue weighted by molar-refractivity contribution is 0.347. The summed E-state index contributed by atoms with van der Waals surface area (Å²) in [5, 5.41) is 3.90. The molecule has 2 heteroatoms. The van der Waals surface area contributed by atoms with Gasteiger partial charge in [-0.05, 0) is 43.3 Å². The summed E-state index contributed by atoms with van der Waals surface area (Å²) in [4.78, 5) is 0. The minimum Gasteiger partial charge on any atom is -0.405 e. The lowest BCUT2D eigenvalue weighted by Gasteiger charge is -2.33. The van der Waals surface area contributed by atoms with Crippen molar-refractivity contribution >= 4 is 23.9 Å². The topological polar surface area (TPSA) is 9.23 Å². The Morgan fingerprint density at radius 3 is 1.08 bits per heavy atom. The Labute approximate surface area is 152 Å². The zero-order valence-electron chi connectivity index (χ0n) is 15.5. The van der Waals surface area contributed by atoms with Crippen LogP contribution in [0.4, 0.5) is 0 Å². The highest BCUT2D eigenvalue weighted by atomic mass is 28.4. The molecular formula is C23H26OSi. The minimum atomic E-state index is -2.49.